The summed E-state index contributed by atoms with van der Waals surface area (Å²) in [6.45, 7) is 8.24. The molecule has 3 rings (SSSR count). The van der Waals surface area contributed by atoms with Gasteiger partial charge in [-0.15, -0.1) is 0 Å². The van der Waals surface area contributed by atoms with Crippen LogP contribution in [-0.4, -0.2) is 60.7 Å². The summed E-state index contributed by atoms with van der Waals surface area (Å²) in [5.74, 6) is 0.650. The quantitative estimate of drug-likeness (QED) is 0.766. The predicted octanol–water partition coefficient (Wildman–Crippen LogP) is 1.73. The van der Waals surface area contributed by atoms with Crippen LogP contribution in [0.5, 0.6) is 5.75 Å². The van der Waals surface area contributed by atoms with Crippen LogP contribution in [-0.2, 0) is 23.1 Å². The van der Waals surface area contributed by atoms with Crippen molar-refractivity contribution in [1.82, 2.24) is 19.0 Å². The lowest BCUT2D eigenvalue weighted by molar-refractivity contribution is 0.181. The molecule has 2 heterocycles. The minimum Gasteiger partial charge on any atom is -0.497 e. The van der Waals surface area contributed by atoms with Crippen LogP contribution in [0, 0.1) is 6.92 Å². The molecule has 1 saturated heterocycles. The highest BCUT2D eigenvalue weighted by atomic mass is 32.2. The van der Waals surface area contributed by atoms with Crippen LogP contribution in [0.4, 0.5) is 0 Å². The average Bonchev–Trinajstić information content (AvgIpc) is 3.02. The zero-order valence-corrected chi connectivity index (χ0v) is 16.4. The van der Waals surface area contributed by atoms with Gasteiger partial charge in [-0.05, 0) is 38.1 Å². The van der Waals surface area contributed by atoms with Crippen molar-refractivity contribution in [2.24, 2.45) is 0 Å². The van der Waals surface area contributed by atoms with Gasteiger partial charge >= 0.3 is 0 Å². The molecule has 2 aromatic rings. The summed E-state index contributed by atoms with van der Waals surface area (Å²) < 4.78 is 34.2. The third kappa shape index (κ3) is 3.77. The van der Waals surface area contributed by atoms with Crippen molar-refractivity contribution in [1.29, 1.82) is 0 Å². The minimum absolute atomic E-state index is 0.312. The zero-order valence-electron chi connectivity index (χ0n) is 15.6. The van der Waals surface area contributed by atoms with Gasteiger partial charge in [0.1, 0.15) is 5.75 Å². The number of sulfonamides is 1. The van der Waals surface area contributed by atoms with E-state index in [4.69, 9.17) is 4.74 Å². The van der Waals surface area contributed by atoms with Crippen molar-refractivity contribution >= 4 is 10.0 Å². The summed E-state index contributed by atoms with van der Waals surface area (Å²) in [5, 5.41) is 4.38. The van der Waals surface area contributed by atoms with E-state index in [0.717, 1.165) is 13.1 Å². The third-order valence-electron chi connectivity index (χ3n) is 4.93. The Labute approximate surface area is 155 Å². The number of hydrogen-bond donors (Lipinski definition) is 0. The molecule has 1 aromatic heterocycles. The van der Waals surface area contributed by atoms with Crippen LogP contribution in [0.3, 0.4) is 0 Å². The summed E-state index contributed by atoms with van der Waals surface area (Å²) in [5.41, 5.74) is 2.39. The molecule has 1 aliphatic rings. The molecule has 0 bridgehead atoms. The molecule has 26 heavy (non-hydrogen) atoms. The Balaban J connectivity index is 1.62. The Kier molecular flexibility index (Phi) is 5.64. The molecular weight excluding hydrogens is 352 g/mol. The van der Waals surface area contributed by atoms with Gasteiger partial charge in [-0.2, -0.15) is 9.40 Å². The van der Waals surface area contributed by atoms with Crippen LogP contribution in [0.1, 0.15) is 18.2 Å². The van der Waals surface area contributed by atoms with Gasteiger partial charge in [0.2, 0.25) is 10.0 Å². The van der Waals surface area contributed by atoms with Crippen LogP contribution in [0.15, 0.2) is 35.4 Å². The number of aryl methyl sites for hydroxylation is 1. The zero-order chi connectivity index (χ0) is 18.7. The number of hydrogen-bond acceptors (Lipinski definition) is 5. The van der Waals surface area contributed by atoms with Gasteiger partial charge in [0.05, 0.1) is 18.2 Å². The largest absolute Gasteiger partial charge is 0.497 e. The van der Waals surface area contributed by atoms with E-state index in [0.29, 0.717) is 36.8 Å². The van der Waals surface area contributed by atoms with Gasteiger partial charge < -0.3 is 4.74 Å². The van der Waals surface area contributed by atoms with Crippen LogP contribution in [0.25, 0.3) is 0 Å². The maximum absolute atomic E-state index is 12.8. The molecule has 8 heteroatoms. The smallest absolute Gasteiger partial charge is 0.243 e. The van der Waals surface area contributed by atoms with Crippen molar-refractivity contribution in [2.45, 2.75) is 31.8 Å². The summed E-state index contributed by atoms with van der Waals surface area (Å²) >= 11 is 0. The Morgan fingerprint density at radius 2 is 1.77 bits per heavy atom. The second-order valence-corrected chi connectivity index (χ2v) is 8.36. The third-order valence-corrected chi connectivity index (χ3v) is 6.84. The second-order valence-electron chi connectivity index (χ2n) is 6.43. The SMILES string of the molecule is CCn1ncc(CN2CCN(S(=O)(=O)c3ccc(OC)cc3)CC2)c1C. The van der Waals surface area contributed by atoms with Crippen molar-refractivity contribution < 1.29 is 13.2 Å². The number of aromatic nitrogens is 2. The highest BCUT2D eigenvalue weighted by molar-refractivity contribution is 7.89. The molecule has 0 saturated carbocycles. The van der Waals surface area contributed by atoms with E-state index in [2.05, 4.69) is 23.8 Å². The van der Waals surface area contributed by atoms with E-state index in [-0.39, 0.29) is 0 Å². The summed E-state index contributed by atoms with van der Waals surface area (Å²) in [6, 6.07) is 6.56. The second kappa shape index (κ2) is 7.77. The fourth-order valence-corrected chi connectivity index (χ4v) is 4.65. The topological polar surface area (TPSA) is 67.7 Å². The van der Waals surface area contributed by atoms with Crippen molar-refractivity contribution in [3.05, 3.63) is 41.7 Å². The first-order valence-electron chi connectivity index (χ1n) is 8.83. The molecule has 7 nitrogen and oxygen atoms in total. The molecule has 0 atom stereocenters. The number of nitrogens with zero attached hydrogens (tertiary/aromatic N) is 4. The molecule has 0 spiro atoms. The number of piperazine rings is 1. The molecule has 1 aliphatic heterocycles. The number of ether oxygens (including phenoxy) is 1. The molecule has 1 aromatic carbocycles. The van der Waals surface area contributed by atoms with Gasteiger partial charge in [0.25, 0.3) is 0 Å². The highest BCUT2D eigenvalue weighted by Crippen LogP contribution is 2.21. The van der Waals surface area contributed by atoms with E-state index in [9.17, 15) is 8.42 Å². The van der Waals surface area contributed by atoms with Crippen LogP contribution in [0.2, 0.25) is 0 Å². The summed E-state index contributed by atoms with van der Waals surface area (Å²) in [7, 11) is -1.89. The van der Waals surface area contributed by atoms with E-state index in [1.54, 1.807) is 35.7 Å². The molecule has 0 N–H and O–H groups in total. The van der Waals surface area contributed by atoms with Gasteiger partial charge in [0, 0.05) is 50.5 Å². The monoisotopic (exact) mass is 378 g/mol. The Morgan fingerprint density at radius 3 is 2.31 bits per heavy atom. The fourth-order valence-electron chi connectivity index (χ4n) is 3.22. The summed E-state index contributed by atoms with van der Waals surface area (Å²) in [4.78, 5) is 2.59. The Bertz CT molecular complexity index is 838. The normalized spacial score (nSPS) is 16.7. The molecule has 0 unspecified atom stereocenters. The molecular formula is C18H26N4O3S. The first kappa shape index (κ1) is 18.9. The molecule has 0 radical (unpaired) electrons. The number of benzene rings is 1. The van der Waals surface area contributed by atoms with Crippen molar-refractivity contribution in [3.63, 3.8) is 0 Å². The lowest BCUT2D eigenvalue weighted by Crippen LogP contribution is -2.48. The molecule has 142 valence electrons. The fraction of sp³-hybridized carbons (Fsp3) is 0.500. The average molecular weight is 378 g/mol. The Morgan fingerprint density at radius 1 is 1.12 bits per heavy atom. The van der Waals surface area contributed by atoms with E-state index in [1.165, 1.54) is 11.3 Å². The van der Waals surface area contributed by atoms with Gasteiger partial charge in [0.15, 0.2) is 0 Å². The van der Waals surface area contributed by atoms with E-state index in [1.807, 2.05) is 10.9 Å². The summed E-state index contributed by atoms with van der Waals surface area (Å²) in [6.07, 6.45) is 1.92. The van der Waals surface area contributed by atoms with E-state index < -0.39 is 10.0 Å². The van der Waals surface area contributed by atoms with Crippen LogP contribution >= 0.6 is 0 Å². The standard InChI is InChI=1S/C18H26N4O3S/c1-4-22-15(2)16(13-19-22)14-20-9-11-21(12-10-20)26(23,24)18-7-5-17(25-3)6-8-18/h5-8,13H,4,9-12,14H2,1-3H3. The van der Waals surface area contributed by atoms with Crippen molar-refractivity contribution in [3.8, 4) is 5.75 Å². The molecule has 1 fully saturated rings. The minimum atomic E-state index is -3.46. The van der Waals surface area contributed by atoms with Gasteiger partial charge in [-0.25, -0.2) is 8.42 Å². The first-order chi connectivity index (χ1) is 12.5. The molecule has 0 amide bonds. The number of rotatable bonds is 6. The van der Waals surface area contributed by atoms with Crippen molar-refractivity contribution in [2.75, 3.05) is 33.3 Å². The van der Waals surface area contributed by atoms with Gasteiger partial charge in [-0.3, -0.25) is 9.58 Å². The lowest BCUT2D eigenvalue weighted by Gasteiger charge is -2.33. The maximum atomic E-state index is 12.8. The molecule has 0 aliphatic carbocycles. The highest BCUT2D eigenvalue weighted by Gasteiger charge is 2.28. The number of methoxy groups -OCH3 is 1. The Hall–Kier alpha value is -1.90. The maximum Gasteiger partial charge on any atom is 0.243 e. The lowest BCUT2D eigenvalue weighted by atomic mass is 10.2. The van der Waals surface area contributed by atoms with Crippen LogP contribution < -0.4 is 4.74 Å². The van der Waals surface area contributed by atoms with Gasteiger partial charge in [-0.1, -0.05) is 0 Å². The first-order valence-corrected chi connectivity index (χ1v) is 10.3. The predicted molar refractivity (Wildman–Crippen MR) is 99.7 cm³/mol. The van der Waals surface area contributed by atoms with E-state index >= 15 is 0 Å².